The Bertz CT molecular complexity index is 993. The molecule has 4 aliphatic rings. The molecule has 3 fully saturated rings. The molecule has 7 nitrogen and oxygen atoms in total. The van der Waals surface area contributed by atoms with Crippen LogP contribution in [0, 0.1) is 17.8 Å². The second-order valence-corrected chi connectivity index (χ2v) is 8.33. The molecule has 1 aromatic heterocycles. The molecule has 0 aliphatic carbocycles. The number of ether oxygens (including phenoxy) is 1. The van der Waals surface area contributed by atoms with Crippen molar-refractivity contribution in [1.29, 1.82) is 0 Å². The van der Waals surface area contributed by atoms with Crippen LogP contribution in [-0.4, -0.2) is 40.8 Å². The number of aromatic nitrogens is 1. The van der Waals surface area contributed by atoms with E-state index in [9.17, 15) is 9.59 Å². The minimum absolute atomic E-state index is 0.176. The van der Waals surface area contributed by atoms with Gasteiger partial charge in [-0.15, -0.1) is 11.3 Å². The number of imide groups is 1. The molecule has 0 unspecified atom stereocenters. The summed E-state index contributed by atoms with van der Waals surface area (Å²) in [5.41, 5.74) is 1.63. The largest absolute Gasteiger partial charge is 0.389 e. The van der Waals surface area contributed by atoms with Crippen molar-refractivity contribution in [2.24, 2.45) is 22.9 Å². The Balaban J connectivity index is 1.37. The average molecular weight is 402 g/mol. The maximum atomic E-state index is 13.1. The van der Waals surface area contributed by atoms with Crippen LogP contribution in [0.25, 0.3) is 0 Å². The van der Waals surface area contributed by atoms with E-state index in [1.54, 1.807) is 23.7 Å². The Morgan fingerprint density at radius 2 is 1.74 bits per heavy atom. The van der Waals surface area contributed by atoms with Crippen molar-refractivity contribution >= 4 is 45.6 Å². The molecule has 2 aromatic rings. The van der Waals surface area contributed by atoms with Crippen molar-refractivity contribution < 1.29 is 19.2 Å². The van der Waals surface area contributed by atoms with Crippen molar-refractivity contribution in [3.8, 4) is 0 Å². The van der Waals surface area contributed by atoms with Gasteiger partial charge in [0.2, 0.25) is 11.8 Å². The third kappa shape index (κ3) is 1.95. The summed E-state index contributed by atoms with van der Waals surface area (Å²) in [4.78, 5) is 37.0. The monoisotopic (exact) mass is 401 g/mol. The maximum absolute atomic E-state index is 13.1. The highest BCUT2D eigenvalue weighted by molar-refractivity contribution is 7.14. The van der Waals surface area contributed by atoms with Crippen LogP contribution >= 0.6 is 22.9 Å². The number of rotatable bonds is 2. The van der Waals surface area contributed by atoms with Gasteiger partial charge in [-0.1, -0.05) is 28.9 Å². The smallest absolute Gasteiger partial charge is 0.242 e. The Morgan fingerprint density at radius 3 is 2.44 bits per heavy atom. The number of hydrogen-bond acceptors (Lipinski definition) is 7. The molecule has 5 heterocycles. The fraction of sp³-hybridized carbons (Fsp3) is 0.333. The van der Waals surface area contributed by atoms with Gasteiger partial charge in [0.25, 0.3) is 0 Å². The standard InChI is InChI=1S/C18H12ClN3O4S/c19-8-3-1-7(2-4-8)12-11-13-9-10(14(25-13)15(11)26-21-12)17(24)22(16(9)23)18-20-5-6-27-18/h1-6,9-11,13-15H/t9-,10+,11-,13-,14+,15-/m1/s1. The Kier molecular flexibility index (Phi) is 3.13. The minimum Gasteiger partial charge on any atom is -0.389 e. The van der Waals surface area contributed by atoms with Gasteiger partial charge in [-0.2, -0.15) is 0 Å². The first-order chi connectivity index (χ1) is 13.1. The van der Waals surface area contributed by atoms with Crippen LogP contribution in [0.1, 0.15) is 5.56 Å². The number of carbonyl (C=O) groups excluding carboxylic acids is 2. The summed E-state index contributed by atoms with van der Waals surface area (Å²) < 4.78 is 6.07. The van der Waals surface area contributed by atoms with Crippen molar-refractivity contribution in [3.63, 3.8) is 0 Å². The van der Waals surface area contributed by atoms with Crippen LogP contribution < -0.4 is 4.90 Å². The summed E-state index contributed by atoms with van der Waals surface area (Å²) in [6.07, 6.45) is 0.335. The average Bonchev–Trinajstić information content (AvgIpc) is 3.43. The number of benzene rings is 1. The summed E-state index contributed by atoms with van der Waals surface area (Å²) in [5, 5.41) is 7.05. The zero-order valence-electron chi connectivity index (χ0n) is 13.7. The lowest BCUT2D eigenvalue weighted by Gasteiger charge is -2.26. The van der Waals surface area contributed by atoms with Gasteiger partial charge in [0.05, 0.1) is 29.6 Å². The Labute approximate surface area is 162 Å². The van der Waals surface area contributed by atoms with Gasteiger partial charge >= 0.3 is 0 Å². The van der Waals surface area contributed by atoms with Crippen LogP contribution in [0.2, 0.25) is 5.02 Å². The number of amides is 2. The second-order valence-electron chi connectivity index (χ2n) is 7.02. The van der Waals surface area contributed by atoms with Crippen molar-refractivity contribution in [3.05, 3.63) is 46.4 Å². The summed E-state index contributed by atoms with van der Waals surface area (Å²) in [6, 6.07) is 7.33. The first kappa shape index (κ1) is 15.7. The van der Waals surface area contributed by atoms with E-state index < -0.39 is 24.0 Å². The number of hydrogen-bond donors (Lipinski definition) is 0. The van der Waals surface area contributed by atoms with E-state index in [-0.39, 0.29) is 23.8 Å². The lowest BCUT2D eigenvalue weighted by molar-refractivity contribution is -0.125. The molecule has 136 valence electrons. The predicted molar refractivity (Wildman–Crippen MR) is 96.6 cm³/mol. The molecule has 1 aromatic carbocycles. The first-order valence-corrected chi connectivity index (χ1v) is 9.83. The van der Waals surface area contributed by atoms with E-state index in [0.29, 0.717) is 10.2 Å². The number of oxime groups is 1. The van der Waals surface area contributed by atoms with Crippen LogP contribution in [0.4, 0.5) is 5.13 Å². The van der Waals surface area contributed by atoms with Crippen molar-refractivity contribution in [2.45, 2.75) is 18.3 Å². The van der Waals surface area contributed by atoms with E-state index in [0.717, 1.165) is 11.3 Å². The molecule has 9 heteroatoms. The summed E-state index contributed by atoms with van der Waals surface area (Å²) in [5.74, 6) is -1.73. The van der Waals surface area contributed by atoms with Crippen LogP contribution in [-0.2, 0) is 19.2 Å². The predicted octanol–water partition coefficient (Wildman–Crippen LogP) is 2.10. The minimum atomic E-state index is -0.535. The van der Waals surface area contributed by atoms with Crippen LogP contribution in [0.5, 0.6) is 0 Å². The van der Waals surface area contributed by atoms with Gasteiger partial charge in [-0.25, -0.2) is 9.88 Å². The highest BCUT2D eigenvalue weighted by Gasteiger charge is 2.72. The normalized spacial score (nSPS) is 36.0. The van der Waals surface area contributed by atoms with Gasteiger partial charge in [-0.3, -0.25) is 9.59 Å². The molecule has 2 amide bonds. The number of halogens is 1. The fourth-order valence-electron chi connectivity index (χ4n) is 4.73. The first-order valence-electron chi connectivity index (χ1n) is 8.57. The molecule has 0 spiro atoms. The summed E-state index contributed by atoms with van der Waals surface area (Å²) >= 11 is 7.25. The number of carbonyl (C=O) groups is 2. The number of fused-ring (bicyclic) bond motifs is 8. The van der Waals surface area contributed by atoms with Crippen LogP contribution in [0.15, 0.2) is 41.0 Å². The zero-order valence-corrected chi connectivity index (χ0v) is 15.3. The zero-order chi connectivity index (χ0) is 18.3. The molecule has 4 aliphatic heterocycles. The lowest BCUT2D eigenvalue weighted by atomic mass is 9.71. The molecule has 27 heavy (non-hydrogen) atoms. The third-order valence-corrected chi connectivity index (χ3v) is 6.80. The molecule has 2 bridgehead atoms. The Hall–Kier alpha value is -2.29. The topological polar surface area (TPSA) is 81.1 Å². The lowest BCUT2D eigenvalue weighted by Crippen LogP contribution is -2.45. The number of nitrogens with zero attached hydrogens (tertiary/aromatic N) is 3. The highest BCUT2D eigenvalue weighted by atomic mass is 35.5. The molecular weight excluding hydrogens is 390 g/mol. The SMILES string of the molecule is O=C1[C@@H]2[C@@H]3O[C@@H]([C@H]4C(c5ccc(Cl)cc5)=NO[C@@H]34)[C@@H]2C(=O)N1c1nccs1. The van der Waals surface area contributed by atoms with Gasteiger partial charge in [0, 0.05) is 16.6 Å². The quantitative estimate of drug-likeness (QED) is 0.720. The summed E-state index contributed by atoms with van der Waals surface area (Å²) in [6.45, 7) is 0. The van der Waals surface area contributed by atoms with Gasteiger partial charge in [0.15, 0.2) is 11.2 Å². The van der Waals surface area contributed by atoms with E-state index in [1.807, 2.05) is 12.1 Å². The van der Waals surface area contributed by atoms with E-state index in [4.69, 9.17) is 21.2 Å². The van der Waals surface area contributed by atoms with E-state index in [2.05, 4.69) is 10.1 Å². The molecule has 6 rings (SSSR count). The van der Waals surface area contributed by atoms with Crippen molar-refractivity contribution in [2.75, 3.05) is 4.90 Å². The van der Waals surface area contributed by atoms with Crippen molar-refractivity contribution in [1.82, 2.24) is 4.98 Å². The second kappa shape index (κ2) is 5.37. The number of thiazole rings is 1. The molecule has 3 saturated heterocycles. The van der Waals surface area contributed by atoms with Crippen LogP contribution in [0.3, 0.4) is 0 Å². The maximum Gasteiger partial charge on any atom is 0.242 e. The third-order valence-electron chi connectivity index (χ3n) is 5.79. The molecule has 0 N–H and O–H groups in total. The number of anilines is 1. The van der Waals surface area contributed by atoms with Gasteiger partial charge < -0.3 is 9.57 Å². The molecule has 0 radical (unpaired) electrons. The molecule has 0 saturated carbocycles. The van der Waals surface area contributed by atoms with E-state index in [1.165, 1.54) is 16.2 Å². The Morgan fingerprint density at radius 1 is 1.00 bits per heavy atom. The van der Waals surface area contributed by atoms with Gasteiger partial charge in [0.1, 0.15) is 6.10 Å². The highest BCUT2D eigenvalue weighted by Crippen LogP contribution is 2.55. The molecule has 6 atom stereocenters. The fourth-order valence-corrected chi connectivity index (χ4v) is 5.51. The molecular formula is C18H12ClN3O4S. The summed E-state index contributed by atoms with van der Waals surface area (Å²) in [7, 11) is 0. The van der Waals surface area contributed by atoms with E-state index >= 15 is 0 Å². The van der Waals surface area contributed by atoms with Gasteiger partial charge in [-0.05, 0) is 17.7 Å².